The van der Waals surface area contributed by atoms with Crippen molar-refractivity contribution in [2.24, 2.45) is 5.41 Å². The molecule has 0 radical (unpaired) electrons. The van der Waals surface area contributed by atoms with E-state index in [0.29, 0.717) is 13.1 Å². The average Bonchev–Trinajstić information content (AvgIpc) is 3.12. The van der Waals surface area contributed by atoms with Crippen molar-refractivity contribution in [1.82, 2.24) is 20.1 Å². The third kappa shape index (κ3) is 4.57. The Hall–Kier alpha value is -3.15. The lowest BCUT2D eigenvalue weighted by molar-refractivity contribution is -0.128. The zero-order chi connectivity index (χ0) is 20.1. The minimum atomic E-state index is -0.416. The number of carbonyl (C=O) groups is 1. The molecule has 3 rings (SSSR count). The minimum absolute atomic E-state index is 0.0232. The Kier molecular flexibility index (Phi) is 5.78. The molecule has 28 heavy (non-hydrogen) atoms. The van der Waals surface area contributed by atoms with Gasteiger partial charge >= 0.3 is 0 Å². The van der Waals surface area contributed by atoms with Gasteiger partial charge in [-0.2, -0.15) is 5.10 Å². The van der Waals surface area contributed by atoms with E-state index in [4.69, 9.17) is 9.84 Å². The van der Waals surface area contributed by atoms with E-state index >= 15 is 0 Å². The monoisotopic (exact) mass is 378 g/mol. The van der Waals surface area contributed by atoms with E-state index < -0.39 is 5.41 Å². The van der Waals surface area contributed by atoms with Crippen molar-refractivity contribution in [3.8, 4) is 28.3 Å². The fourth-order valence-electron chi connectivity index (χ4n) is 2.80. The van der Waals surface area contributed by atoms with Gasteiger partial charge in [0, 0.05) is 35.5 Å². The Balaban J connectivity index is 1.90. The zero-order valence-electron chi connectivity index (χ0n) is 16.8. The lowest BCUT2D eigenvalue weighted by atomic mass is 9.96. The zero-order valence-corrected chi connectivity index (χ0v) is 16.8. The van der Waals surface area contributed by atoms with Crippen molar-refractivity contribution < 1.29 is 9.53 Å². The van der Waals surface area contributed by atoms with Crippen LogP contribution in [-0.4, -0.2) is 34.3 Å². The maximum atomic E-state index is 12.2. The van der Waals surface area contributed by atoms with Crippen molar-refractivity contribution in [2.45, 2.75) is 27.3 Å². The maximum Gasteiger partial charge on any atom is 0.225 e. The molecule has 2 heterocycles. The third-order valence-corrected chi connectivity index (χ3v) is 4.39. The molecule has 146 valence electrons. The molecule has 0 saturated carbocycles. The highest BCUT2D eigenvalue weighted by atomic mass is 16.5. The van der Waals surface area contributed by atoms with Gasteiger partial charge in [-0.3, -0.25) is 14.5 Å². The Bertz CT molecular complexity index is 943. The SMILES string of the molecule is COc1cccc(-c2cc(-c3cccnc3)nn2CCNC(=O)C(C)(C)C)c1. The number of amides is 1. The van der Waals surface area contributed by atoms with Crippen LogP contribution in [0, 0.1) is 5.41 Å². The summed E-state index contributed by atoms with van der Waals surface area (Å²) >= 11 is 0. The quantitative estimate of drug-likeness (QED) is 0.709. The third-order valence-electron chi connectivity index (χ3n) is 4.39. The normalized spacial score (nSPS) is 11.3. The van der Waals surface area contributed by atoms with Gasteiger partial charge in [0.1, 0.15) is 5.75 Å². The number of methoxy groups -OCH3 is 1. The fourth-order valence-corrected chi connectivity index (χ4v) is 2.80. The predicted octanol–water partition coefficient (Wildman–Crippen LogP) is 3.78. The minimum Gasteiger partial charge on any atom is -0.497 e. The molecule has 6 heteroatoms. The molecule has 0 aliphatic heterocycles. The molecule has 0 atom stereocenters. The number of pyridine rings is 1. The van der Waals surface area contributed by atoms with Crippen molar-refractivity contribution in [3.63, 3.8) is 0 Å². The Morgan fingerprint density at radius 2 is 1.93 bits per heavy atom. The molecule has 2 aromatic heterocycles. The summed E-state index contributed by atoms with van der Waals surface area (Å²) in [6.07, 6.45) is 3.54. The van der Waals surface area contributed by atoms with E-state index in [1.807, 2.05) is 67.9 Å². The second-order valence-electron chi connectivity index (χ2n) is 7.62. The lowest BCUT2D eigenvalue weighted by Crippen LogP contribution is -2.36. The molecule has 0 saturated heterocycles. The largest absolute Gasteiger partial charge is 0.497 e. The van der Waals surface area contributed by atoms with Crippen molar-refractivity contribution >= 4 is 5.91 Å². The predicted molar refractivity (Wildman–Crippen MR) is 110 cm³/mol. The summed E-state index contributed by atoms with van der Waals surface area (Å²) in [5.41, 5.74) is 3.34. The van der Waals surface area contributed by atoms with Crippen LogP contribution < -0.4 is 10.1 Å². The molecule has 1 N–H and O–H groups in total. The summed E-state index contributed by atoms with van der Waals surface area (Å²) in [6.45, 7) is 6.77. The van der Waals surface area contributed by atoms with Crippen LogP contribution in [0.5, 0.6) is 5.75 Å². The molecule has 0 spiro atoms. The number of aromatic nitrogens is 3. The molecular weight excluding hydrogens is 352 g/mol. The van der Waals surface area contributed by atoms with Crippen LogP contribution in [0.25, 0.3) is 22.5 Å². The molecule has 1 aromatic carbocycles. The van der Waals surface area contributed by atoms with Crippen molar-refractivity contribution in [2.75, 3.05) is 13.7 Å². The Morgan fingerprint density at radius 1 is 1.14 bits per heavy atom. The summed E-state index contributed by atoms with van der Waals surface area (Å²) < 4.78 is 7.28. The number of nitrogens with zero attached hydrogens (tertiary/aromatic N) is 3. The van der Waals surface area contributed by atoms with Gasteiger partial charge in [-0.1, -0.05) is 32.9 Å². The molecule has 0 aliphatic carbocycles. The molecule has 3 aromatic rings. The summed E-state index contributed by atoms with van der Waals surface area (Å²) in [5.74, 6) is 0.810. The first kappa shape index (κ1) is 19.6. The van der Waals surface area contributed by atoms with Gasteiger partial charge in [0.25, 0.3) is 0 Å². The van der Waals surface area contributed by atoms with E-state index in [2.05, 4.69) is 10.3 Å². The first-order valence-corrected chi connectivity index (χ1v) is 9.29. The smallest absolute Gasteiger partial charge is 0.225 e. The van der Waals surface area contributed by atoms with Crippen molar-refractivity contribution in [3.05, 3.63) is 54.9 Å². The van der Waals surface area contributed by atoms with Crippen LogP contribution in [0.15, 0.2) is 54.9 Å². The number of rotatable bonds is 6. The summed E-state index contributed by atoms with van der Waals surface area (Å²) in [5, 5.41) is 7.74. The van der Waals surface area contributed by atoms with E-state index in [1.54, 1.807) is 19.5 Å². The van der Waals surface area contributed by atoms with Crippen LogP contribution in [0.1, 0.15) is 20.8 Å². The maximum absolute atomic E-state index is 12.2. The van der Waals surface area contributed by atoms with Gasteiger partial charge in [-0.25, -0.2) is 0 Å². The van der Waals surface area contributed by atoms with Gasteiger partial charge in [-0.05, 0) is 30.3 Å². The van der Waals surface area contributed by atoms with Gasteiger partial charge in [0.15, 0.2) is 0 Å². The average molecular weight is 378 g/mol. The standard InChI is InChI=1S/C22H26N4O2/c1-22(2,3)21(27)24-11-12-26-20(16-7-5-9-18(13-16)28-4)14-19(25-26)17-8-6-10-23-15-17/h5-10,13-15H,11-12H2,1-4H3,(H,24,27). The van der Waals surface area contributed by atoms with Crippen LogP contribution in [0.4, 0.5) is 0 Å². The highest BCUT2D eigenvalue weighted by molar-refractivity contribution is 5.81. The summed E-state index contributed by atoms with van der Waals surface area (Å²) in [4.78, 5) is 16.3. The van der Waals surface area contributed by atoms with Gasteiger partial charge in [-0.15, -0.1) is 0 Å². The Morgan fingerprint density at radius 3 is 2.61 bits per heavy atom. The van der Waals surface area contributed by atoms with Crippen LogP contribution in [0.2, 0.25) is 0 Å². The van der Waals surface area contributed by atoms with Crippen LogP contribution in [0.3, 0.4) is 0 Å². The molecule has 0 unspecified atom stereocenters. The van der Waals surface area contributed by atoms with Gasteiger partial charge in [0.05, 0.1) is 25.0 Å². The van der Waals surface area contributed by atoms with E-state index in [0.717, 1.165) is 28.3 Å². The highest BCUT2D eigenvalue weighted by Gasteiger charge is 2.20. The van der Waals surface area contributed by atoms with E-state index in [-0.39, 0.29) is 5.91 Å². The van der Waals surface area contributed by atoms with Crippen LogP contribution >= 0.6 is 0 Å². The van der Waals surface area contributed by atoms with Gasteiger partial charge < -0.3 is 10.1 Å². The van der Waals surface area contributed by atoms with Crippen LogP contribution in [-0.2, 0) is 11.3 Å². The number of hydrogen-bond donors (Lipinski definition) is 1. The molecule has 0 aliphatic rings. The second kappa shape index (κ2) is 8.25. The number of hydrogen-bond acceptors (Lipinski definition) is 4. The first-order valence-electron chi connectivity index (χ1n) is 9.29. The topological polar surface area (TPSA) is 69.0 Å². The number of ether oxygens (including phenoxy) is 1. The highest BCUT2D eigenvalue weighted by Crippen LogP contribution is 2.28. The lowest BCUT2D eigenvalue weighted by Gasteiger charge is -2.18. The summed E-state index contributed by atoms with van der Waals surface area (Å²) in [6, 6.07) is 13.8. The van der Waals surface area contributed by atoms with Crippen molar-refractivity contribution in [1.29, 1.82) is 0 Å². The number of nitrogens with one attached hydrogen (secondary N) is 1. The number of carbonyl (C=O) groups excluding carboxylic acids is 1. The molecule has 6 nitrogen and oxygen atoms in total. The molecule has 0 fully saturated rings. The fraction of sp³-hybridized carbons (Fsp3) is 0.318. The second-order valence-corrected chi connectivity index (χ2v) is 7.62. The van der Waals surface area contributed by atoms with Gasteiger partial charge in [0.2, 0.25) is 5.91 Å². The molecular formula is C22H26N4O2. The number of benzene rings is 1. The molecule has 1 amide bonds. The first-order chi connectivity index (χ1) is 13.4. The Labute approximate surface area is 165 Å². The van der Waals surface area contributed by atoms with E-state index in [9.17, 15) is 4.79 Å². The molecule has 0 bridgehead atoms. The van der Waals surface area contributed by atoms with E-state index in [1.165, 1.54) is 0 Å². The summed E-state index contributed by atoms with van der Waals surface area (Å²) in [7, 11) is 1.65.